The van der Waals surface area contributed by atoms with Crippen molar-refractivity contribution in [3.05, 3.63) is 53.6 Å². The largest absolute Gasteiger partial charge is 0.482 e. The van der Waals surface area contributed by atoms with Gasteiger partial charge in [0.2, 0.25) is 5.91 Å². The molecule has 2 amide bonds. The Bertz CT molecular complexity index is 892. The molecule has 0 spiro atoms. The minimum atomic E-state index is -0.317. The van der Waals surface area contributed by atoms with Crippen LogP contribution in [0.3, 0.4) is 0 Å². The molecule has 0 saturated carbocycles. The topological polar surface area (TPSA) is 75.7 Å². The van der Waals surface area contributed by atoms with E-state index in [-0.39, 0.29) is 30.7 Å². The number of amides is 2. The van der Waals surface area contributed by atoms with Crippen LogP contribution in [0.5, 0.6) is 5.75 Å². The Balaban J connectivity index is 1.83. The predicted molar refractivity (Wildman–Crippen MR) is 103 cm³/mol. The van der Waals surface area contributed by atoms with Gasteiger partial charge in [-0.25, -0.2) is 0 Å². The van der Waals surface area contributed by atoms with Gasteiger partial charge in [0.05, 0.1) is 5.69 Å². The Hall–Kier alpha value is -3.15. The first-order valence-corrected chi connectivity index (χ1v) is 9.01. The molecule has 2 aromatic carbocycles. The zero-order valence-corrected chi connectivity index (χ0v) is 15.5. The van der Waals surface area contributed by atoms with E-state index < -0.39 is 0 Å². The summed E-state index contributed by atoms with van der Waals surface area (Å²) < 4.78 is 5.44. The van der Waals surface area contributed by atoms with Crippen LogP contribution in [0, 0.1) is 0 Å². The van der Waals surface area contributed by atoms with Crippen molar-refractivity contribution in [2.24, 2.45) is 0 Å². The van der Waals surface area contributed by atoms with Crippen LogP contribution < -0.4 is 15.0 Å². The second kappa shape index (κ2) is 8.03. The molecule has 2 aromatic rings. The molecule has 140 valence electrons. The van der Waals surface area contributed by atoms with Crippen LogP contribution in [0.4, 0.5) is 11.4 Å². The minimum absolute atomic E-state index is 0.0305. The molecule has 3 rings (SSSR count). The number of benzene rings is 2. The number of hydrogen-bond acceptors (Lipinski definition) is 4. The van der Waals surface area contributed by atoms with Gasteiger partial charge in [0.15, 0.2) is 12.4 Å². The molecule has 1 heterocycles. The molecule has 0 aromatic heterocycles. The molecule has 0 fully saturated rings. The lowest BCUT2D eigenvalue weighted by Crippen LogP contribution is -2.43. The fraction of sp³-hybridized carbons (Fsp3) is 0.286. The highest BCUT2D eigenvalue weighted by atomic mass is 16.5. The number of ether oxygens (including phenoxy) is 1. The van der Waals surface area contributed by atoms with Crippen LogP contribution in [-0.2, 0) is 16.0 Å². The lowest BCUT2D eigenvalue weighted by molar-refractivity contribution is -0.123. The highest BCUT2D eigenvalue weighted by Gasteiger charge is 2.28. The smallest absolute Gasteiger partial charge is 0.265 e. The molecule has 1 N–H and O–H groups in total. The molecule has 0 unspecified atom stereocenters. The summed E-state index contributed by atoms with van der Waals surface area (Å²) in [4.78, 5) is 38.3. The number of carbonyl (C=O) groups is 3. The third-order valence-electron chi connectivity index (χ3n) is 4.52. The number of nitrogens with zero attached hydrogens (tertiary/aromatic N) is 1. The summed E-state index contributed by atoms with van der Waals surface area (Å²) in [5.41, 5.74) is 2.71. The van der Waals surface area contributed by atoms with Crippen molar-refractivity contribution in [1.29, 1.82) is 0 Å². The summed E-state index contributed by atoms with van der Waals surface area (Å²) in [6, 6.07) is 12.5. The second-order valence-corrected chi connectivity index (χ2v) is 6.29. The van der Waals surface area contributed by atoms with Crippen LogP contribution >= 0.6 is 0 Å². The van der Waals surface area contributed by atoms with Crippen molar-refractivity contribution in [1.82, 2.24) is 0 Å². The quantitative estimate of drug-likeness (QED) is 0.797. The SMILES string of the molecule is CCC(=O)c1ccc2c(c1)N(CC(=O)Nc1ccccc1CC)C(=O)CO2. The van der Waals surface area contributed by atoms with Crippen molar-refractivity contribution in [3.8, 4) is 5.75 Å². The molecule has 0 aliphatic carbocycles. The van der Waals surface area contributed by atoms with Gasteiger partial charge >= 0.3 is 0 Å². The lowest BCUT2D eigenvalue weighted by Gasteiger charge is -2.29. The number of hydrogen-bond donors (Lipinski definition) is 1. The van der Waals surface area contributed by atoms with Gasteiger partial charge in [0.25, 0.3) is 5.91 Å². The van der Waals surface area contributed by atoms with Crippen LogP contribution in [0.2, 0.25) is 0 Å². The summed E-state index contributed by atoms with van der Waals surface area (Å²) in [6.45, 7) is 3.52. The third kappa shape index (κ3) is 4.00. The van der Waals surface area contributed by atoms with Gasteiger partial charge < -0.3 is 10.1 Å². The molecule has 0 radical (unpaired) electrons. The van der Waals surface area contributed by atoms with E-state index in [0.29, 0.717) is 23.4 Å². The number of Topliss-reactive ketones (excluding diaryl/α,β-unsaturated/α-hetero) is 1. The fourth-order valence-corrected chi connectivity index (χ4v) is 3.04. The van der Waals surface area contributed by atoms with Gasteiger partial charge in [-0.3, -0.25) is 19.3 Å². The van der Waals surface area contributed by atoms with Crippen LogP contribution in [-0.4, -0.2) is 30.7 Å². The van der Waals surface area contributed by atoms with Gasteiger partial charge in [-0.1, -0.05) is 32.0 Å². The van der Waals surface area contributed by atoms with E-state index in [1.807, 2.05) is 31.2 Å². The van der Waals surface area contributed by atoms with E-state index in [9.17, 15) is 14.4 Å². The molecule has 0 saturated heterocycles. The van der Waals surface area contributed by atoms with Crippen LogP contribution in [0.1, 0.15) is 36.2 Å². The zero-order valence-electron chi connectivity index (χ0n) is 15.5. The number of nitrogens with one attached hydrogen (secondary N) is 1. The summed E-state index contributed by atoms with van der Waals surface area (Å²) in [5.74, 6) is -0.159. The number of carbonyl (C=O) groups excluding carboxylic acids is 3. The maximum absolute atomic E-state index is 12.6. The molecule has 6 heteroatoms. The van der Waals surface area contributed by atoms with Gasteiger partial charge in [-0.05, 0) is 36.2 Å². The average molecular weight is 366 g/mol. The molecule has 0 atom stereocenters. The maximum atomic E-state index is 12.6. The Kier molecular flexibility index (Phi) is 5.54. The number of rotatable bonds is 6. The molecule has 1 aliphatic rings. The normalized spacial score (nSPS) is 13.0. The molecular formula is C21H22N2O4. The third-order valence-corrected chi connectivity index (χ3v) is 4.52. The molecular weight excluding hydrogens is 344 g/mol. The van der Waals surface area contributed by atoms with E-state index >= 15 is 0 Å². The van der Waals surface area contributed by atoms with Crippen molar-refractivity contribution in [2.75, 3.05) is 23.4 Å². The van der Waals surface area contributed by atoms with Crippen molar-refractivity contribution in [2.45, 2.75) is 26.7 Å². The van der Waals surface area contributed by atoms with Crippen LogP contribution in [0.25, 0.3) is 0 Å². The standard InChI is InChI=1S/C21H22N2O4/c1-3-14-7-5-6-8-16(14)22-20(25)12-23-17-11-15(18(24)4-2)9-10-19(17)27-13-21(23)26/h5-11H,3-4,12-13H2,1-2H3,(H,22,25). The highest BCUT2D eigenvalue weighted by Crippen LogP contribution is 2.33. The number of aryl methyl sites for hydroxylation is 1. The van der Waals surface area contributed by atoms with E-state index in [2.05, 4.69) is 5.32 Å². The summed E-state index contributed by atoms with van der Waals surface area (Å²) in [5, 5.41) is 2.87. The lowest BCUT2D eigenvalue weighted by atomic mass is 10.1. The Labute approximate surface area is 158 Å². The van der Waals surface area contributed by atoms with Crippen molar-refractivity contribution >= 4 is 29.0 Å². The summed E-state index contributed by atoms with van der Waals surface area (Å²) >= 11 is 0. The first kappa shape index (κ1) is 18.6. The van der Waals surface area contributed by atoms with Gasteiger partial charge in [0, 0.05) is 17.7 Å². The van der Waals surface area contributed by atoms with Crippen molar-refractivity contribution in [3.63, 3.8) is 0 Å². The Morgan fingerprint density at radius 1 is 1.15 bits per heavy atom. The number of ketones is 1. The van der Waals surface area contributed by atoms with E-state index in [4.69, 9.17) is 4.74 Å². The average Bonchev–Trinajstić information content (AvgIpc) is 2.69. The Morgan fingerprint density at radius 3 is 2.67 bits per heavy atom. The number of para-hydroxylation sites is 1. The monoisotopic (exact) mass is 366 g/mol. The highest BCUT2D eigenvalue weighted by molar-refractivity contribution is 6.06. The molecule has 6 nitrogen and oxygen atoms in total. The van der Waals surface area contributed by atoms with Crippen LogP contribution in [0.15, 0.2) is 42.5 Å². The van der Waals surface area contributed by atoms with Gasteiger partial charge in [-0.2, -0.15) is 0 Å². The second-order valence-electron chi connectivity index (χ2n) is 6.29. The van der Waals surface area contributed by atoms with E-state index in [1.54, 1.807) is 25.1 Å². The number of anilines is 2. The van der Waals surface area contributed by atoms with E-state index in [0.717, 1.165) is 17.7 Å². The zero-order chi connectivity index (χ0) is 19.4. The first-order valence-electron chi connectivity index (χ1n) is 9.01. The fourth-order valence-electron chi connectivity index (χ4n) is 3.04. The maximum Gasteiger partial charge on any atom is 0.265 e. The Morgan fingerprint density at radius 2 is 1.93 bits per heavy atom. The predicted octanol–water partition coefficient (Wildman–Crippen LogP) is 3.21. The molecule has 27 heavy (non-hydrogen) atoms. The molecule has 0 bridgehead atoms. The van der Waals surface area contributed by atoms with Crippen molar-refractivity contribution < 1.29 is 19.1 Å². The molecule has 1 aliphatic heterocycles. The summed E-state index contributed by atoms with van der Waals surface area (Å²) in [6.07, 6.45) is 1.15. The van der Waals surface area contributed by atoms with Gasteiger partial charge in [-0.15, -0.1) is 0 Å². The minimum Gasteiger partial charge on any atom is -0.482 e. The first-order chi connectivity index (χ1) is 13.0. The van der Waals surface area contributed by atoms with Gasteiger partial charge in [0.1, 0.15) is 12.3 Å². The summed E-state index contributed by atoms with van der Waals surface area (Å²) in [7, 11) is 0. The van der Waals surface area contributed by atoms with E-state index in [1.165, 1.54) is 4.90 Å². The number of fused-ring (bicyclic) bond motifs is 1.